The summed E-state index contributed by atoms with van der Waals surface area (Å²) in [6.07, 6.45) is 29.3. The standard InChI is InChI=1S/C31H55NO2.C22H36O/c1-21-15-17-30(6)23(20-21)11-12-24-26-14-13-25(31(26,7)18-16-27(24)30)22(2)10-8-9-19-32-28(33)34-29(3,4)5;1-14-9-11-21(3)16(13-14)5-6-17-19-8-7-18(15(2)23)22(19,4)12-10-20(17)21/h21-27H,8-20H2,1-7H3,(H,32,33);14,16-20H,5-13H2,1-4H3/t21-,22?,23-,24-,25+,26-,27-,30-,31+;14-,16-,17-,18+,19-,20-,21-,22+/m00/s1. The predicted octanol–water partition coefficient (Wildman–Crippen LogP) is 14.5. The predicted molar refractivity (Wildman–Crippen MR) is 237 cm³/mol. The molecule has 0 spiro atoms. The van der Waals surface area contributed by atoms with Crippen LogP contribution in [0, 0.1) is 98.6 Å². The molecule has 0 aromatic rings. The Bertz CT molecular complexity index is 1420. The van der Waals surface area contributed by atoms with Gasteiger partial charge in [-0.05, 0) is 230 Å². The summed E-state index contributed by atoms with van der Waals surface area (Å²) >= 11 is 0. The van der Waals surface area contributed by atoms with Crippen molar-refractivity contribution in [2.24, 2.45) is 98.6 Å². The molecule has 4 nitrogen and oxygen atoms in total. The first kappa shape index (κ1) is 44.0. The molecule has 0 aliphatic heterocycles. The summed E-state index contributed by atoms with van der Waals surface area (Å²) in [5.74, 6) is 12.1. The van der Waals surface area contributed by atoms with Crippen LogP contribution in [0.25, 0.3) is 0 Å². The van der Waals surface area contributed by atoms with Gasteiger partial charge in [-0.15, -0.1) is 0 Å². The highest BCUT2D eigenvalue weighted by molar-refractivity contribution is 5.79. The second-order valence-corrected chi connectivity index (χ2v) is 25.0. The van der Waals surface area contributed by atoms with E-state index in [2.05, 4.69) is 53.8 Å². The number of unbranched alkanes of at least 4 members (excludes halogenated alkanes) is 1. The van der Waals surface area contributed by atoms with Gasteiger partial charge in [-0.2, -0.15) is 0 Å². The molecule has 8 saturated carbocycles. The number of rotatable bonds is 7. The molecule has 0 bridgehead atoms. The molecule has 0 aromatic heterocycles. The third-order valence-electron chi connectivity index (χ3n) is 20.9. The van der Waals surface area contributed by atoms with Gasteiger partial charge < -0.3 is 10.1 Å². The summed E-state index contributed by atoms with van der Waals surface area (Å²) in [7, 11) is 0. The minimum atomic E-state index is -0.419. The Kier molecular flexibility index (Phi) is 12.9. The van der Waals surface area contributed by atoms with Crippen LogP contribution in [0.5, 0.6) is 0 Å². The van der Waals surface area contributed by atoms with E-state index in [4.69, 9.17) is 4.74 Å². The lowest BCUT2D eigenvalue weighted by molar-refractivity contribution is -0.135. The first-order valence-corrected chi connectivity index (χ1v) is 25.3. The number of fused-ring (bicyclic) bond motifs is 10. The summed E-state index contributed by atoms with van der Waals surface area (Å²) in [6, 6.07) is 0. The molecule has 1 unspecified atom stereocenters. The number of nitrogens with one attached hydrogen (secondary N) is 1. The van der Waals surface area contributed by atoms with Gasteiger partial charge in [0.15, 0.2) is 0 Å². The van der Waals surface area contributed by atoms with Crippen LogP contribution in [0.2, 0.25) is 0 Å². The van der Waals surface area contributed by atoms with E-state index in [1.54, 1.807) is 0 Å². The van der Waals surface area contributed by atoms with Crippen molar-refractivity contribution in [2.75, 3.05) is 6.54 Å². The molecule has 0 aromatic carbocycles. The van der Waals surface area contributed by atoms with E-state index in [-0.39, 0.29) is 6.09 Å². The fourth-order valence-corrected chi connectivity index (χ4v) is 17.9. The van der Waals surface area contributed by atoms with Gasteiger partial charge in [0.1, 0.15) is 11.4 Å². The SMILES string of the molecule is CC(=O)[C@H]1CC[C@H]2[C@@H]3CC[C@H]4C[C@@H](C)CC[C@]4(C)[C@H]3CC[C@]12C.CC(CCCCNC(=O)OC(C)(C)C)[C@H]1CC[C@H]2[C@@H]3CC[C@H]4C[C@@H](C)CC[C@]4(C)[C@H]3CC[C@]12C. The van der Waals surface area contributed by atoms with Gasteiger partial charge in [0.25, 0.3) is 0 Å². The Morgan fingerprint density at radius 2 is 1.12 bits per heavy atom. The number of alkyl carbamates (subject to hydrolysis) is 1. The van der Waals surface area contributed by atoms with Crippen LogP contribution >= 0.6 is 0 Å². The van der Waals surface area contributed by atoms with Gasteiger partial charge in [-0.1, -0.05) is 74.1 Å². The summed E-state index contributed by atoms with van der Waals surface area (Å²) in [4.78, 5) is 24.1. The van der Waals surface area contributed by atoms with E-state index in [1.807, 2.05) is 27.7 Å². The second-order valence-electron chi connectivity index (χ2n) is 25.0. The molecule has 57 heavy (non-hydrogen) atoms. The van der Waals surface area contributed by atoms with Crippen molar-refractivity contribution in [1.29, 1.82) is 0 Å². The topological polar surface area (TPSA) is 55.4 Å². The minimum Gasteiger partial charge on any atom is -0.444 e. The molecule has 8 fully saturated rings. The van der Waals surface area contributed by atoms with E-state index in [0.717, 1.165) is 84.0 Å². The number of carbonyl (C=O) groups is 2. The van der Waals surface area contributed by atoms with Crippen LogP contribution in [0.15, 0.2) is 0 Å². The molecular weight excluding hydrogens is 699 g/mol. The van der Waals surface area contributed by atoms with E-state index in [1.165, 1.54) is 128 Å². The first-order valence-electron chi connectivity index (χ1n) is 25.3. The summed E-state index contributed by atoms with van der Waals surface area (Å²) in [5.41, 5.74) is 1.74. The van der Waals surface area contributed by atoms with Gasteiger partial charge >= 0.3 is 6.09 Å². The van der Waals surface area contributed by atoms with Crippen molar-refractivity contribution >= 4 is 11.9 Å². The van der Waals surface area contributed by atoms with Crippen LogP contribution in [-0.4, -0.2) is 24.0 Å². The summed E-state index contributed by atoms with van der Waals surface area (Å²) < 4.78 is 5.36. The highest BCUT2D eigenvalue weighted by Crippen LogP contribution is 2.70. The molecule has 4 heteroatoms. The maximum atomic E-state index is 12.2. The third-order valence-corrected chi connectivity index (χ3v) is 20.9. The number of ether oxygens (including phenoxy) is 1. The van der Waals surface area contributed by atoms with Gasteiger partial charge in [-0.25, -0.2) is 4.79 Å². The van der Waals surface area contributed by atoms with Gasteiger partial charge in [0, 0.05) is 12.5 Å². The van der Waals surface area contributed by atoms with Crippen LogP contribution < -0.4 is 5.32 Å². The van der Waals surface area contributed by atoms with E-state index >= 15 is 0 Å². The van der Waals surface area contributed by atoms with Crippen LogP contribution in [0.3, 0.4) is 0 Å². The first-order chi connectivity index (χ1) is 26.8. The minimum absolute atomic E-state index is 0.278. The number of amides is 1. The van der Waals surface area contributed by atoms with Crippen LogP contribution in [0.4, 0.5) is 4.79 Å². The number of carbonyl (C=O) groups excluding carboxylic acids is 2. The smallest absolute Gasteiger partial charge is 0.407 e. The Morgan fingerprint density at radius 1 is 0.632 bits per heavy atom. The fraction of sp³-hybridized carbons (Fsp3) is 0.962. The quantitative estimate of drug-likeness (QED) is 0.261. The van der Waals surface area contributed by atoms with E-state index < -0.39 is 5.60 Å². The molecule has 0 heterocycles. The molecule has 17 atom stereocenters. The Morgan fingerprint density at radius 3 is 1.67 bits per heavy atom. The van der Waals surface area contributed by atoms with Crippen molar-refractivity contribution in [3.05, 3.63) is 0 Å². The van der Waals surface area contributed by atoms with E-state index in [0.29, 0.717) is 33.4 Å². The maximum Gasteiger partial charge on any atom is 0.407 e. The van der Waals surface area contributed by atoms with Gasteiger partial charge in [0.05, 0.1) is 0 Å². The molecular formula is C53H91NO3. The number of ketones is 1. The molecule has 8 rings (SSSR count). The van der Waals surface area contributed by atoms with Crippen molar-refractivity contribution in [1.82, 2.24) is 5.32 Å². The van der Waals surface area contributed by atoms with Crippen molar-refractivity contribution < 1.29 is 14.3 Å². The molecule has 8 aliphatic rings. The highest BCUT2D eigenvalue weighted by Gasteiger charge is 2.62. The number of hydrogen-bond donors (Lipinski definition) is 1. The van der Waals surface area contributed by atoms with Crippen molar-refractivity contribution in [3.63, 3.8) is 0 Å². The zero-order valence-corrected chi connectivity index (χ0v) is 39.3. The van der Waals surface area contributed by atoms with Crippen LogP contribution in [-0.2, 0) is 9.53 Å². The average molecular weight is 790 g/mol. The normalized spacial score (nSPS) is 48.0. The second kappa shape index (κ2) is 16.7. The summed E-state index contributed by atoms with van der Waals surface area (Å²) in [6.45, 7) is 26.4. The summed E-state index contributed by atoms with van der Waals surface area (Å²) in [5, 5.41) is 2.93. The lowest BCUT2D eigenvalue weighted by Crippen LogP contribution is -2.53. The molecule has 8 aliphatic carbocycles. The zero-order chi connectivity index (χ0) is 41.1. The molecule has 326 valence electrons. The maximum absolute atomic E-state index is 12.2. The highest BCUT2D eigenvalue weighted by atomic mass is 16.6. The Balaban J connectivity index is 0.000000187. The zero-order valence-electron chi connectivity index (χ0n) is 39.3. The number of hydrogen-bond acceptors (Lipinski definition) is 3. The van der Waals surface area contributed by atoms with E-state index in [9.17, 15) is 9.59 Å². The largest absolute Gasteiger partial charge is 0.444 e. The van der Waals surface area contributed by atoms with Crippen molar-refractivity contribution in [3.8, 4) is 0 Å². The molecule has 0 saturated heterocycles. The molecule has 0 radical (unpaired) electrons. The van der Waals surface area contributed by atoms with Gasteiger partial charge in [-0.3, -0.25) is 4.79 Å². The fourth-order valence-electron chi connectivity index (χ4n) is 17.9. The lowest BCUT2D eigenvalue weighted by Gasteiger charge is -2.61. The average Bonchev–Trinajstić information content (AvgIpc) is 3.68. The van der Waals surface area contributed by atoms with Gasteiger partial charge in [0.2, 0.25) is 0 Å². The third kappa shape index (κ3) is 8.33. The van der Waals surface area contributed by atoms with Crippen LogP contribution in [0.1, 0.15) is 211 Å². The molecule has 1 amide bonds. The Hall–Kier alpha value is -1.06. The monoisotopic (exact) mass is 790 g/mol. The lowest BCUT2D eigenvalue weighted by atomic mass is 9.44. The molecule has 1 N–H and O–H groups in total. The Labute approximate surface area is 352 Å². The number of Topliss-reactive ketones (excluding diaryl/α,β-unsaturated/α-hetero) is 1. The van der Waals surface area contributed by atoms with Crippen molar-refractivity contribution in [2.45, 2.75) is 217 Å².